The normalized spacial score (nSPS) is 11.1. The van der Waals surface area contributed by atoms with Gasteiger partial charge in [-0.15, -0.1) is 0 Å². The number of hydrogen-bond donors (Lipinski definition) is 1. The summed E-state index contributed by atoms with van der Waals surface area (Å²) in [5, 5.41) is 2.17. The molecule has 2 amide bonds. The number of halogens is 2. The van der Waals surface area contributed by atoms with Gasteiger partial charge in [0.05, 0.1) is 9.13 Å². The Balaban J connectivity index is 2.04. The molecule has 0 heterocycles. The van der Waals surface area contributed by atoms with Crippen molar-refractivity contribution in [1.29, 1.82) is 0 Å². The number of rotatable bonds is 18. The van der Waals surface area contributed by atoms with E-state index in [1.54, 1.807) is 0 Å². The van der Waals surface area contributed by atoms with Gasteiger partial charge in [0.2, 0.25) is 5.91 Å². The van der Waals surface area contributed by atoms with Gasteiger partial charge in [-0.3, -0.25) is 14.9 Å². The third kappa shape index (κ3) is 13.2. The van der Waals surface area contributed by atoms with Crippen LogP contribution in [0.25, 0.3) is 0 Å². The first-order valence-corrected chi connectivity index (χ1v) is 15.0. The Bertz CT molecular complexity index is 756. The Morgan fingerprint density at radius 3 is 1.72 bits per heavy atom. The molecule has 0 radical (unpaired) electrons. The number of carbonyl (C=O) groups excluding carboxylic acids is 2. The molecule has 32 heavy (non-hydrogen) atoms. The molecule has 7 heteroatoms. The highest BCUT2D eigenvalue weighted by Gasteiger charge is 2.18. The first-order chi connectivity index (χ1) is 15.5. The molecule has 5 nitrogen and oxygen atoms in total. The first-order valence-electron chi connectivity index (χ1n) is 12.1. The van der Waals surface area contributed by atoms with Crippen LogP contribution in [-0.4, -0.2) is 11.8 Å². The Kier molecular flexibility index (Phi) is 16.2. The zero-order chi connectivity index (χ0) is 23.6. The second-order valence-corrected chi connectivity index (χ2v) is 10.8. The standard InChI is InChI=1S/C25H39FINO4/c1-2-3-4-5-6-7-8-9-10-11-12-13-14-15-16-17-24(29)28-25(30)22-20-21(26)18-19-23(22)27(31)32/h18-20H,2-17H2,1H3,(H,28,29,30). The van der Waals surface area contributed by atoms with Crippen LogP contribution in [0.1, 0.15) is 120 Å². The van der Waals surface area contributed by atoms with Crippen LogP contribution in [-0.2, 0) is 10.9 Å². The minimum atomic E-state index is -3.96. The van der Waals surface area contributed by atoms with Crippen molar-refractivity contribution in [2.24, 2.45) is 0 Å². The van der Waals surface area contributed by atoms with Gasteiger partial charge in [-0.2, -0.15) is 0 Å². The number of nitrogens with one attached hydrogen (secondary N) is 1. The number of benzene rings is 1. The van der Waals surface area contributed by atoms with Crippen LogP contribution >= 0.6 is 19.8 Å². The summed E-state index contributed by atoms with van der Waals surface area (Å²) in [7, 11) is 0. The molecular weight excluding hydrogens is 524 g/mol. The maximum atomic E-state index is 13.4. The van der Waals surface area contributed by atoms with Crippen molar-refractivity contribution < 1.29 is 20.1 Å². The van der Waals surface area contributed by atoms with Gasteiger partial charge in [-0.1, -0.05) is 96.8 Å². The van der Waals surface area contributed by atoms with E-state index in [2.05, 4.69) is 12.2 Å². The lowest BCUT2D eigenvalue weighted by atomic mass is 10.0. The van der Waals surface area contributed by atoms with Gasteiger partial charge in [-0.25, -0.2) is 10.5 Å². The summed E-state index contributed by atoms with van der Waals surface area (Å²) >= 11 is -3.96. The Morgan fingerprint density at radius 2 is 1.25 bits per heavy atom. The lowest BCUT2D eigenvalue weighted by Crippen LogP contribution is -2.30. The van der Waals surface area contributed by atoms with Crippen molar-refractivity contribution in [3.63, 3.8) is 0 Å². The minimum absolute atomic E-state index is 0.200. The van der Waals surface area contributed by atoms with Crippen molar-refractivity contribution in [2.45, 2.75) is 110 Å². The van der Waals surface area contributed by atoms with E-state index >= 15 is 0 Å². The van der Waals surface area contributed by atoms with E-state index in [9.17, 15) is 20.1 Å². The lowest BCUT2D eigenvalue weighted by molar-refractivity contribution is -0.120. The fourth-order valence-corrected chi connectivity index (χ4v) is 5.07. The number of amides is 2. The van der Waals surface area contributed by atoms with E-state index in [1.807, 2.05) is 0 Å². The van der Waals surface area contributed by atoms with E-state index in [4.69, 9.17) is 0 Å². The molecular formula is C25H39FINO4. The van der Waals surface area contributed by atoms with Gasteiger partial charge >= 0.3 is 19.8 Å². The predicted molar refractivity (Wildman–Crippen MR) is 133 cm³/mol. The average Bonchev–Trinajstić information content (AvgIpc) is 2.76. The quantitative estimate of drug-likeness (QED) is 0.147. The molecule has 0 fully saturated rings. The number of unbranched alkanes of at least 4 members (excludes halogenated alkanes) is 14. The first kappa shape index (κ1) is 28.7. The van der Waals surface area contributed by atoms with Gasteiger partial charge in [0.15, 0.2) is 0 Å². The van der Waals surface area contributed by atoms with Gasteiger partial charge < -0.3 is 0 Å². The van der Waals surface area contributed by atoms with Crippen molar-refractivity contribution >= 4 is 31.6 Å². The second-order valence-electron chi connectivity index (χ2n) is 8.42. The third-order valence-electron chi connectivity index (χ3n) is 5.60. The molecule has 0 spiro atoms. The van der Waals surface area contributed by atoms with Gasteiger partial charge in [0, 0.05) is 6.42 Å². The van der Waals surface area contributed by atoms with Crippen molar-refractivity contribution in [2.75, 3.05) is 0 Å². The van der Waals surface area contributed by atoms with E-state index < -0.39 is 37.4 Å². The Morgan fingerprint density at radius 1 is 0.781 bits per heavy atom. The third-order valence-corrected chi connectivity index (χ3v) is 7.49. The van der Waals surface area contributed by atoms with Crippen LogP contribution in [0.4, 0.5) is 4.39 Å². The molecule has 0 saturated heterocycles. The zero-order valence-electron chi connectivity index (χ0n) is 19.4. The van der Waals surface area contributed by atoms with Crippen LogP contribution in [0.15, 0.2) is 18.2 Å². The summed E-state index contributed by atoms with van der Waals surface area (Å²) < 4.78 is 35.7. The molecule has 1 aromatic rings. The highest BCUT2D eigenvalue weighted by atomic mass is 127. The summed E-state index contributed by atoms with van der Waals surface area (Å²) in [5.41, 5.74) is -0.301. The topological polar surface area (TPSA) is 80.3 Å². The maximum absolute atomic E-state index is 13.4. The highest BCUT2D eigenvalue weighted by molar-refractivity contribution is 14.2. The van der Waals surface area contributed by atoms with Crippen LogP contribution in [0.5, 0.6) is 0 Å². The predicted octanol–water partition coefficient (Wildman–Crippen LogP) is 7.71. The molecule has 182 valence electrons. The molecule has 0 aromatic heterocycles. The van der Waals surface area contributed by atoms with Crippen molar-refractivity contribution in [3.05, 3.63) is 33.1 Å². The number of carbonyl (C=O) groups is 2. The second kappa shape index (κ2) is 18.1. The fraction of sp³-hybridized carbons (Fsp3) is 0.680. The van der Waals surface area contributed by atoms with E-state index in [0.717, 1.165) is 37.5 Å². The van der Waals surface area contributed by atoms with Crippen molar-refractivity contribution in [1.82, 2.24) is 5.32 Å². The van der Waals surface area contributed by atoms with Crippen LogP contribution in [0.3, 0.4) is 0 Å². The largest absolute Gasteiger partial charge is 0.341 e. The summed E-state index contributed by atoms with van der Waals surface area (Å²) in [6.45, 7) is 2.25. The minimum Gasteiger partial charge on any atom is -0.292 e. The van der Waals surface area contributed by atoms with Crippen molar-refractivity contribution in [3.8, 4) is 0 Å². The molecule has 0 bridgehead atoms. The zero-order valence-corrected chi connectivity index (χ0v) is 21.6. The molecule has 1 N–H and O–H groups in total. The molecule has 0 aliphatic heterocycles. The summed E-state index contributed by atoms with van der Waals surface area (Å²) in [4.78, 5) is 24.1. The van der Waals surface area contributed by atoms with Gasteiger partial charge in [0.1, 0.15) is 5.82 Å². The number of imide groups is 1. The Labute approximate surface area is 199 Å². The van der Waals surface area contributed by atoms with E-state index in [1.165, 1.54) is 70.6 Å². The molecule has 0 saturated carbocycles. The SMILES string of the molecule is CCCCCCCCCCCCCCCCCC(=O)NC(=O)c1cc(F)ccc1I(=O)=O. The lowest BCUT2D eigenvalue weighted by Gasteiger charge is -2.06. The number of hydrogen-bond acceptors (Lipinski definition) is 4. The summed E-state index contributed by atoms with van der Waals surface area (Å²) in [6, 6.07) is 2.91. The molecule has 1 aromatic carbocycles. The van der Waals surface area contributed by atoms with E-state index in [0.29, 0.717) is 6.42 Å². The van der Waals surface area contributed by atoms with Crippen LogP contribution in [0, 0.1) is 9.39 Å². The molecule has 0 aliphatic carbocycles. The van der Waals surface area contributed by atoms with Gasteiger partial charge in [-0.05, 0) is 24.6 Å². The fourth-order valence-electron chi connectivity index (χ4n) is 3.72. The molecule has 0 unspecified atom stereocenters. The Hall–Kier alpha value is -1.38. The smallest absolute Gasteiger partial charge is 0.292 e. The van der Waals surface area contributed by atoms with Crippen LogP contribution in [0.2, 0.25) is 0 Å². The van der Waals surface area contributed by atoms with Gasteiger partial charge in [0.25, 0.3) is 5.91 Å². The summed E-state index contributed by atoms with van der Waals surface area (Å²) in [5.74, 6) is -2.04. The average molecular weight is 563 g/mol. The highest BCUT2D eigenvalue weighted by Crippen LogP contribution is 2.22. The molecule has 1 rings (SSSR count). The monoisotopic (exact) mass is 563 g/mol. The molecule has 0 atom stereocenters. The van der Waals surface area contributed by atoms with E-state index in [-0.39, 0.29) is 15.6 Å². The molecule has 0 aliphatic rings. The van der Waals surface area contributed by atoms with Crippen LogP contribution < -0.4 is 5.32 Å². The maximum Gasteiger partial charge on any atom is 0.341 e. The summed E-state index contributed by atoms with van der Waals surface area (Å²) in [6.07, 6.45) is 18.7.